The summed E-state index contributed by atoms with van der Waals surface area (Å²) in [6.07, 6.45) is 1.89. The number of anilines is 1. The molecule has 0 bridgehead atoms. The Kier molecular flexibility index (Phi) is 5.66. The number of benzene rings is 1. The van der Waals surface area contributed by atoms with Gasteiger partial charge in [0.25, 0.3) is 0 Å². The van der Waals surface area contributed by atoms with Gasteiger partial charge in [-0.2, -0.15) is 0 Å². The molecule has 8 nitrogen and oxygen atoms in total. The van der Waals surface area contributed by atoms with Gasteiger partial charge >= 0.3 is 5.97 Å². The average molecular weight is 404 g/mol. The van der Waals surface area contributed by atoms with E-state index in [0.717, 1.165) is 29.9 Å². The Balaban J connectivity index is 1.86. The standard InChI is InChI=1S/C19H24N4O4S/c1-13(27-14(2)24)19-20-9-7-18(21-19)23-10-8-15-5-6-17(11-16(15)12-23)28(25,26)22(3)4/h5-7,9,11,13H,8,10,12H2,1-4H3. The van der Waals surface area contributed by atoms with Crippen molar-refractivity contribution in [1.82, 2.24) is 14.3 Å². The van der Waals surface area contributed by atoms with Crippen molar-refractivity contribution in [2.24, 2.45) is 0 Å². The highest BCUT2D eigenvalue weighted by molar-refractivity contribution is 7.89. The predicted molar refractivity (Wildman–Crippen MR) is 104 cm³/mol. The molecule has 150 valence electrons. The lowest BCUT2D eigenvalue weighted by Crippen LogP contribution is -2.32. The summed E-state index contributed by atoms with van der Waals surface area (Å²) < 4.78 is 31.2. The fourth-order valence-corrected chi connectivity index (χ4v) is 4.09. The number of nitrogens with zero attached hydrogens (tertiary/aromatic N) is 4. The van der Waals surface area contributed by atoms with Crippen LogP contribution in [0.2, 0.25) is 0 Å². The van der Waals surface area contributed by atoms with Crippen LogP contribution in [0.1, 0.15) is 36.9 Å². The van der Waals surface area contributed by atoms with Crippen molar-refractivity contribution in [1.29, 1.82) is 0 Å². The van der Waals surface area contributed by atoms with E-state index < -0.39 is 16.1 Å². The van der Waals surface area contributed by atoms with E-state index in [4.69, 9.17) is 4.74 Å². The van der Waals surface area contributed by atoms with E-state index in [9.17, 15) is 13.2 Å². The Labute approximate surface area is 165 Å². The molecule has 0 aliphatic carbocycles. The van der Waals surface area contributed by atoms with Crippen molar-refractivity contribution in [3.8, 4) is 0 Å². The first kappa shape index (κ1) is 20.2. The van der Waals surface area contributed by atoms with Gasteiger partial charge in [-0.3, -0.25) is 4.79 Å². The summed E-state index contributed by atoms with van der Waals surface area (Å²) in [5, 5.41) is 0. The Morgan fingerprint density at radius 1 is 1.25 bits per heavy atom. The first-order chi connectivity index (χ1) is 13.2. The second-order valence-corrected chi connectivity index (χ2v) is 9.07. The zero-order valence-corrected chi connectivity index (χ0v) is 17.2. The maximum Gasteiger partial charge on any atom is 0.303 e. The second kappa shape index (κ2) is 7.84. The molecule has 0 N–H and O–H groups in total. The minimum atomic E-state index is -3.48. The largest absolute Gasteiger partial charge is 0.455 e. The van der Waals surface area contributed by atoms with Gasteiger partial charge in [0.1, 0.15) is 5.82 Å². The number of esters is 1. The van der Waals surface area contributed by atoms with Gasteiger partial charge in [0.2, 0.25) is 10.0 Å². The van der Waals surface area contributed by atoms with Gasteiger partial charge in [-0.05, 0) is 42.7 Å². The molecule has 0 spiro atoms. The molecular formula is C19H24N4O4S. The third-order valence-corrected chi connectivity index (χ3v) is 6.47. The molecule has 0 amide bonds. The van der Waals surface area contributed by atoms with Crippen LogP contribution in [-0.4, -0.2) is 49.3 Å². The van der Waals surface area contributed by atoms with Gasteiger partial charge in [0.05, 0.1) is 4.90 Å². The summed E-state index contributed by atoms with van der Waals surface area (Å²) in [6.45, 7) is 4.38. The number of fused-ring (bicyclic) bond motifs is 1. The fourth-order valence-electron chi connectivity index (χ4n) is 3.14. The van der Waals surface area contributed by atoms with Crippen LogP contribution in [0.15, 0.2) is 35.4 Å². The summed E-state index contributed by atoms with van der Waals surface area (Å²) in [4.78, 5) is 22.3. The van der Waals surface area contributed by atoms with Crippen LogP contribution in [0.3, 0.4) is 0 Å². The van der Waals surface area contributed by atoms with Crippen LogP contribution in [0, 0.1) is 0 Å². The number of carbonyl (C=O) groups is 1. The Bertz CT molecular complexity index is 991. The first-order valence-electron chi connectivity index (χ1n) is 8.98. The quantitative estimate of drug-likeness (QED) is 0.703. The van der Waals surface area contributed by atoms with Crippen molar-refractivity contribution < 1.29 is 17.9 Å². The molecule has 3 rings (SSSR count). The molecule has 9 heteroatoms. The third kappa shape index (κ3) is 4.15. The molecule has 1 aliphatic heterocycles. The molecule has 2 heterocycles. The van der Waals surface area contributed by atoms with Crippen LogP contribution in [0.4, 0.5) is 5.82 Å². The lowest BCUT2D eigenvalue weighted by molar-refractivity contribution is -0.146. The number of ether oxygens (including phenoxy) is 1. The van der Waals surface area contributed by atoms with E-state index >= 15 is 0 Å². The molecule has 0 fully saturated rings. The SMILES string of the molecule is CC(=O)OC(C)c1nccc(N2CCc3ccc(S(=O)(=O)N(C)C)cc3C2)n1. The fraction of sp³-hybridized carbons (Fsp3) is 0.421. The van der Waals surface area contributed by atoms with Gasteiger partial charge in [0, 0.05) is 40.3 Å². The van der Waals surface area contributed by atoms with E-state index in [1.165, 1.54) is 25.3 Å². The minimum Gasteiger partial charge on any atom is -0.455 e. The van der Waals surface area contributed by atoms with Crippen LogP contribution < -0.4 is 4.90 Å². The predicted octanol–water partition coefficient (Wildman–Crippen LogP) is 1.91. The first-order valence-corrected chi connectivity index (χ1v) is 10.4. The summed E-state index contributed by atoms with van der Waals surface area (Å²) >= 11 is 0. The molecule has 1 aliphatic rings. The summed E-state index contributed by atoms with van der Waals surface area (Å²) in [6, 6.07) is 7.08. The third-order valence-electron chi connectivity index (χ3n) is 4.66. The zero-order chi connectivity index (χ0) is 20.5. The highest BCUT2D eigenvalue weighted by Gasteiger charge is 2.23. The molecule has 0 saturated heterocycles. The van der Waals surface area contributed by atoms with Gasteiger partial charge < -0.3 is 9.64 Å². The number of sulfonamides is 1. The Morgan fingerprint density at radius 3 is 2.68 bits per heavy atom. The van der Waals surface area contributed by atoms with E-state index in [-0.39, 0.29) is 10.9 Å². The maximum atomic E-state index is 12.4. The van der Waals surface area contributed by atoms with Crippen LogP contribution in [0.25, 0.3) is 0 Å². The van der Waals surface area contributed by atoms with Crippen molar-refractivity contribution >= 4 is 21.8 Å². The molecular weight excluding hydrogens is 380 g/mol. The Morgan fingerprint density at radius 2 is 2.00 bits per heavy atom. The second-order valence-electron chi connectivity index (χ2n) is 6.91. The van der Waals surface area contributed by atoms with Gasteiger partial charge in [-0.25, -0.2) is 22.7 Å². The molecule has 1 aromatic heterocycles. The zero-order valence-electron chi connectivity index (χ0n) is 16.4. The number of aromatic nitrogens is 2. The number of carbonyl (C=O) groups excluding carboxylic acids is 1. The highest BCUT2D eigenvalue weighted by Crippen LogP contribution is 2.27. The molecule has 1 aromatic carbocycles. The van der Waals surface area contributed by atoms with Crippen molar-refractivity contribution in [3.05, 3.63) is 47.4 Å². The van der Waals surface area contributed by atoms with E-state index in [1.54, 1.807) is 31.3 Å². The highest BCUT2D eigenvalue weighted by atomic mass is 32.2. The topological polar surface area (TPSA) is 92.7 Å². The Hall–Kier alpha value is -2.52. The van der Waals surface area contributed by atoms with Crippen LogP contribution in [-0.2, 0) is 32.5 Å². The molecule has 0 saturated carbocycles. The van der Waals surface area contributed by atoms with Gasteiger partial charge in [0.15, 0.2) is 11.9 Å². The number of hydrogen-bond acceptors (Lipinski definition) is 7. The van der Waals surface area contributed by atoms with Gasteiger partial charge in [-0.15, -0.1) is 0 Å². The van der Waals surface area contributed by atoms with Crippen LogP contribution >= 0.6 is 0 Å². The number of rotatable bonds is 5. The summed E-state index contributed by atoms with van der Waals surface area (Å²) in [5.41, 5.74) is 2.10. The molecule has 28 heavy (non-hydrogen) atoms. The van der Waals surface area contributed by atoms with Crippen molar-refractivity contribution in [3.63, 3.8) is 0 Å². The van der Waals surface area contributed by atoms with E-state index in [1.807, 2.05) is 6.07 Å². The molecule has 1 unspecified atom stereocenters. The molecule has 2 aromatic rings. The van der Waals surface area contributed by atoms with Crippen LogP contribution in [0.5, 0.6) is 0 Å². The monoisotopic (exact) mass is 404 g/mol. The maximum absolute atomic E-state index is 12.4. The summed E-state index contributed by atoms with van der Waals surface area (Å²) in [5.74, 6) is 0.765. The van der Waals surface area contributed by atoms with Crippen molar-refractivity contribution in [2.75, 3.05) is 25.5 Å². The van der Waals surface area contributed by atoms with E-state index in [0.29, 0.717) is 12.4 Å². The minimum absolute atomic E-state index is 0.282. The van der Waals surface area contributed by atoms with E-state index in [2.05, 4.69) is 14.9 Å². The smallest absolute Gasteiger partial charge is 0.303 e. The average Bonchev–Trinajstić information content (AvgIpc) is 2.66. The number of hydrogen-bond donors (Lipinski definition) is 0. The summed E-state index contributed by atoms with van der Waals surface area (Å²) in [7, 11) is -0.438. The lowest BCUT2D eigenvalue weighted by Gasteiger charge is -2.30. The molecule has 1 atom stereocenters. The normalized spacial score (nSPS) is 15.2. The van der Waals surface area contributed by atoms with Crippen molar-refractivity contribution in [2.45, 2.75) is 37.8 Å². The van der Waals surface area contributed by atoms with Gasteiger partial charge in [-0.1, -0.05) is 6.07 Å². The lowest BCUT2D eigenvalue weighted by atomic mass is 10.00. The molecule has 0 radical (unpaired) electrons.